The molecule has 1 N–H and O–H groups in total. The van der Waals surface area contributed by atoms with Gasteiger partial charge >= 0.3 is 6.09 Å². The predicted molar refractivity (Wildman–Crippen MR) is 127 cm³/mol. The monoisotopic (exact) mass is 493 g/mol. The molecule has 1 saturated heterocycles. The lowest BCUT2D eigenvalue weighted by atomic mass is 10.2. The zero-order valence-electron chi connectivity index (χ0n) is 18.7. The van der Waals surface area contributed by atoms with Crippen LogP contribution >= 0.6 is 11.6 Å². The minimum atomic E-state index is -3.91. The Bertz CT molecular complexity index is 1110. The molecule has 1 heterocycles. The Morgan fingerprint density at radius 2 is 1.73 bits per heavy atom. The second-order valence-electron chi connectivity index (χ2n) is 8.25. The number of benzene rings is 2. The van der Waals surface area contributed by atoms with Crippen molar-refractivity contribution < 1.29 is 22.7 Å². The summed E-state index contributed by atoms with van der Waals surface area (Å²) in [6.45, 7) is 5.94. The van der Waals surface area contributed by atoms with Crippen LogP contribution in [0.3, 0.4) is 0 Å². The van der Waals surface area contributed by atoms with E-state index in [1.807, 2.05) is 13.8 Å². The van der Waals surface area contributed by atoms with Crippen LogP contribution in [0.4, 0.5) is 10.5 Å². The molecule has 178 valence electrons. The zero-order chi connectivity index (χ0) is 24.0. The number of sulfonamides is 1. The largest absolute Gasteiger partial charge is 0.449 e. The molecule has 1 aliphatic rings. The first-order valence-corrected chi connectivity index (χ1v) is 12.6. The molecule has 1 fully saturated rings. The van der Waals surface area contributed by atoms with Crippen molar-refractivity contribution in [1.82, 2.24) is 9.80 Å². The van der Waals surface area contributed by atoms with Gasteiger partial charge in [0.25, 0.3) is 15.9 Å². The first-order valence-electron chi connectivity index (χ1n) is 10.7. The third kappa shape index (κ3) is 6.85. The van der Waals surface area contributed by atoms with Crippen molar-refractivity contribution in [2.75, 3.05) is 37.5 Å². The number of halogens is 1. The van der Waals surface area contributed by atoms with Gasteiger partial charge in [0, 0.05) is 36.8 Å². The molecule has 8 nitrogen and oxygen atoms in total. The summed E-state index contributed by atoms with van der Waals surface area (Å²) in [7, 11) is -3.91. The Morgan fingerprint density at radius 3 is 2.45 bits per heavy atom. The molecule has 0 aliphatic carbocycles. The predicted octanol–water partition coefficient (Wildman–Crippen LogP) is 4.08. The smallest absolute Gasteiger partial charge is 0.409 e. The van der Waals surface area contributed by atoms with Crippen molar-refractivity contribution in [3.05, 3.63) is 59.1 Å². The number of anilines is 1. The Hall–Kier alpha value is -2.78. The second-order valence-corrected chi connectivity index (χ2v) is 10.4. The average Bonchev–Trinajstić information content (AvgIpc) is 3.03. The summed E-state index contributed by atoms with van der Waals surface area (Å²) in [6.07, 6.45) is 0.231. The second kappa shape index (κ2) is 10.9. The maximum Gasteiger partial charge on any atom is 0.409 e. The minimum absolute atomic E-state index is 0.0259. The SMILES string of the molecule is CC(C)COC(=O)N1CCCN(C(=O)c2cccc(S(=O)(=O)Nc3cccc(Cl)c3)c2)CC1. The zero-order valence-corrected chi connectivity index (χ0v) is 20.2. The van der Waals surface area contributed by atoms with E-state index in [1.165, 1.54) is 24.3 Å². The molecule has 0 bridgehead atoms. The lowest BCUT2D eigenvalue weighted by Gasteiger charge is -2.22. The third-order valence-corrected chi connectivity index (χ3v) is 6.66. The molecule has 2 aromatic carbocycles. The van der Waals surface area contributed by atoms with Gasteiger partial charge in [-0.1, -0.05) is 37.6 Å². The van der Waals surface area contributed by atoms with E-state index < -0.39 is 10.0 Å². The van der Waals surface area contributed by atoms with E-state index in [2.05, 4.69) is 4.72 Å². The van der Waals surface area contributed by atoms with Gasteiger partial charge in [-0.2, -0.15) is 0 Å². The highest BCUT2D eigenvalue weighted by molar-refractivity contribution is 7.92. The van der Waals surface area contributed by atoms with E-state index in [-0.39, 0.29) is 28.4 Å². The van der Waals surface area contributed by atoms with Crippen LogP contribution in [0.25, 0.3) is 0 Å². The topological polar surface area (TPSA) is 96.0 Å². The molecular formula is C23H28ClN3O5S. The summed E-state index contributed by atoms with van der Waals surface area (Å²) in [5, 5.41) is 0.405. The molecular weight excluding hydrogens is 466 g/mol. The number of rotatable bonds is 6. The summed E-state index contributed by atoms with van der Waals surface area (Å²) < 4.78 is 33.4. The van der Waals surface area contributed by atoms with E-state index in [9.17, 15) is 18.0 Å². The molecule has 1 aliphatic heterocycles. The summed E-state index contributed by atoms with van der Waals surface area (Å²) in [4.78, 5) is 28.5. The van der Waals surface area contributed by atoms with Crippen molar-refractivity contribution >= 4 is 39.3 Å². The first kappa shape index (κ1) is 24.9. The molecule has 0 radical (unpaired) electrons. The number of ether oxygens (including phenoxy) is 1. The van der Waals surface area contributed by atoms with Gasteiger partial charge in [-0.25, -0.2) is 13.2 Å². The van der Waals surface area contributed by atoms with Gasteiger partial charge < -0.3 is 14.5 Å². The molecule has 0 atom stereocenters. The number of amides is 2. The van der Waals surface area contributed by atoms with Crippen molar-refractivity contribution in [2.24, 2.45) is 5.92 Å². The number of nitrogens with one attached hydrogen (secondary N) is 1. The van der Waals surface area contributed by atoms with Crippen LogP contribution in [0.5, 0.6) is 0 Å². The van der Waals surface area contributed by atoms with Gasteiger partial charge in [-0.05, 0) is 48.7 Å². The number of nitrogens with zero attached hydrogens (tertiary/aromatic N) is 2. The highest BCUT2D eigenvalue weighted by atomic mass is 35.5. The van der Waals surface area contributed by atoms with Gasteiger partial charge in [-0.3, -0.25) is 9.52 Å². The molecule has 2 aromatic rings. The first-order chi connectivity index (χ1) is 15.7. The molecule has 0 aromatic heterocycles. The van der Waals surface area contributed by atoms with Crippen LogP contribution in [0.15, 0.2) is 53.4 Å². The van der Waals surface area contributed by atoms with Crippen LogP contribution in [0.1, 0.15) is 30.6 Å². The van der Waals surface area contributed by atoms with Crippen LogP contribution in [0, 0.1) is 5.92 Å². The molecule has 10 heteroatoms. The number of carbonyl (C=O) groups is 2. The van der Waals surface area contributed by atoms with Gasteiger partial charge in [0.1, 0.15) is 0 Å². The van der Waals surface area contributed by atoms with Crippen LogP contribution in [-0.4, -0.2) is 63.0 Å². The number of hydrogen-bond acceptors (Lipinski definition) is 5. The Kier molecular flexibility index (Phi) is 8.20. The van der Waals surface area contributed by atoms with Crippen molar-refractivity contribution in [3.63, 3.8) is 0 Å². The molecule has 2 amide bonds. The van der Waals surface area contributed by atoms with Gasteiger partial charge in [0.15, 0.2) is 0 Å². The van der Waals surface area contributed by atoms with Gasteiger partial charge in [0.05, 0.1) is 17.2 Å². The van der Waals surface area contributed by atoms with E-state index in [1.54, 1.807) is 34.1 Å². The maximum atomic E-state index is 13.1. The normalized spacial score (nSPS) is 14.7. The van der Waals surface area contributed by atoms with E-state index >= 15 is 0 Å². The number of hydrogen-bond donors (Lipinski definition) is 1. The fourth-order valence-electron chi connectivity index (χ4n) is 3.38. The molecule has 3 rings (SSSR count). The third-order valence-electron chi connectivity index (χ3n) is 5.05. The lowest BCUT2D eigenvalue weighted by Crippen LogP contribution is -2.38. The average molecular weight is 494 g/mol. The fourth-order valence-corrected chi connectivity index (χ4v) is 4.66. The van der Waals surface area contributed by atoms with Crippen LogP contribution in [-0.2, 0) is 14.8 Å². The van der Waals surface area contributed by atoms with Gasteiger partial charge in [-0.15, -0.1) is 0 Å². The Labute approximate surface area is 199 Å². The fraction of sp³-hybridized carbons (Fsp3) is 0.391. The van der Waals surface area contributed by atoms with Crippen LogP contribution in [0.2, 0.25) is 5.02 Å². The number of carbonyl (C=O) groups excluding carboxylic acids is 2. The molecule has 0 saturated carbocycles. The molecule has 0 spiro atoms. The molecule has 33 heavy (non-hydrogen) atoms. The summed E-state index contributed by atoms with van der Waals surface area (Å²) in [5.74, 6) is -0.0388. The Morgan fingerprint density at radius 1 is 1.03 bits per heavy atom. The minimum Gasteiger partial charge on any atom is -0.449 e. The summed E-state index contributed by atoms with van der Waals surface area (Å²) >= 11 is 5.93. The quantitative estimate of drug-likeness (QED) is 0.654. The van der Waals surface area contributed by atoms with E-state index in [4.69, 9.17) is 16.3 Å². The van der Waals surface area contributed by atoms with E-state index in [0.717, 1.165) is 0 Å². The lowest BCUT2D eigenvalue weighted by molar-refractivity contribution is 0.0746. The highest BCUT2D eigenvalue weighted by Crippen LogP contribution is 2.21. The maximum absolute atomic E-state index is 13.1. The van der Waals surface area contributed by atoms with Crippen molar-refractivity contribution in [3.8, 4) is 0 Å². The molecule has 0 unspecified atom stereocenters. The van der Waals surface area contributed by atoms with Crippen molar-refractivity contribution in [1.29, 1.82) is 0 Å². The van der Waals surface area contributed by atoms with Crippen molar-refractivity contribution in [2.45, 2.75) is 25.2 Å². The highest BCUT2D eigenvalue weighted by Gasteiger charge is 2.25. The van der Waals surface area contributed by atoms with Gasteiger partial charge in [0.2, 0.25) is 0 Å². The van der Waals surface area contributed by atoms with Crippen LogP contribution < -0.4 is 4.72 Å². The summed E-state index contributed by atoms with van der Waals surface area (Å²) in [6, 6.07) is 12.3. The Balaban J connectivity index is 1.68. The summed E-state index contributed by atoms with van der Waals surface area (Å²) in [5.41, 5.74) is 0.594. The standard InChI is InChI=1S/C23H28ClN3O5S/c1-17(2)16-32-23(29)27-11-5-10-26(12-13-27)22(28)18-6-3-9-21(14-18)33(30,31)25-20-8-4-7-19(24)15-20/h3-4,6-9,14-15,17,25H,5,10-13,16H2,1-2H3. The van der Waals surface area contributed by atoms with E-state index in [0.29, 0.717) is 49.9 Å².